The molecule has 0 saturated carbocycles. The number of aliphatic hydroxyl groups excluding tert-OH is 1. The largest absolute Gasteiger partial charge is 0.497 e. The first-order chi connectivity index (χ1) is 6.35. The van der Waals surface area contributed by atoms with Gasteiger partial charge >= 0.3 is 0 Å². The lowest BCUT2D eigenvalue weighted by Gasteiger charge is -2.04. The van der Waals surface area contributed by atoms with E-state index in [1.54, 1.807) is 7.11 Å². The smallest absolute Gasteiger partial charge is 0.126 e. The Balaban J connectivity index is 2.34. The molecule has 1 atom stereocenters. The Hall–Kier alpha value is -1.22. The summed E-state index contributed by atoms with van der Waals surface area (Å²) in [6.45, 7) is 0.707. The van der Waals surface area contributed by atoms with Crippen LogP contribution in [0, 0.1) is 0 Å². The fourth-order valence-corrected chi connectivity index (χ4v) is 1.54. The topological polar surface area (TPSA) is 38.7 Å². The van der Waals surface area contributed by atoms with Crippen LogP contribution < -0.4 is 9.47 Å². The average molecular weight is 180 g/mol. The highest BCUT2D eigenvalue weighted by Gasteiger charge is 2.23. The molecule has 0 fully saturated rings. The third-order valence-electron chi connectivity index (χ3n) is 2.32. The summed E-state index contributed by atoms with van der Waals surface area (Å²) in [6.07, 6.45) is 0. The molecule has 3 nitrogen and oxygen atoms in total. The van der Waals surface area contributed by atoms with Crippen LogP contribution >= 0.6 is 0 Å². The summed E-state index contributed by atoms with van der Waals surface area (Å²) in [5, 5.41) is 9.03. The van der Waals surface area contributed by atoms with Gasteiger partial charge in [-0.2, -0.15) is 0 Å². The number of rotatable bonds is 2. The van der Waals surface area contributed by atoms with E-state index < -0.39 is 0 Å². The van der Waals surface area contributed by atoms with Gasteiger partial charge in [0, 0.05) is 17.5 Å². The Morgan fingerprint density at radius 2 is 2.46 bits per heavy atom. The summed E-state index contributed by atoms with van der Waals surface area (Å²) in [4.78, 5) is 0. The van der Waals surface area contributed by atoms with E-state index in [1.807, 2.05) is 18.2 Å². The summed E-state index contributed by atoms with van der Waals surface area (Å²) in [5.74, 6) is 1.75. The van der Waals surface area contributed by atoms with Gasteiger partial charge in [-0.3, -0.25) is 0 Å². The minimum atomic E-state index is 0.126. The van der Waals surface area contributed by atoms with Crippen molar-refractivity contribution in [1.82, 2.24) is 0 Å². The Kier molecular flexibility index (Phi) is 2.10. The molecule has 1 aromatic carbocycles. The Labute approximate surface area is 76.9 Å². The first kappa shape index (κ1) is 8.38. The molecule has 0 spiro atoms. The molecule has 1 aliphatic heterocycles. The van der Waals surface area contributed by atoms with Crippen molar-refractivity contribution in [3.8, 4) is 11.5 Å². The Bertz CT molecular complexity index is 309. The first-order valence-electron chi connectivity index (χ1n) is 4.26. The lowest BCUT2D eigenvalue weighted by molar-refractivity contribution is 0.232. The summed E-state index contributed by atoms with van der Waals surface area (Å²) in [5.41, 5.74) is 1.07. The zero-order valence-electron chi connectivity index (χ0n) is 7.49. The molecular formula is C10H12O3. The number of benzene rings is 1. The van der Waals surface area contributed by atoms with E-state index in [1.165, 1.54) is 0 Å². The van der Waals surface area contributed by atoms with Crippen molar-refractivity contribution in [2.24, 2.45) is 0 Å². The Morgan fingerprint density at radius 1 is 1.62 bits per heavy atom. The van der Waals surface area contributed by atoms with Crippen LogP contribution in [0.25, 0.3) is 0 Å². The maximum absolute atomic E-state index is 9.03. The van der Waals surface area contributed by atoms with Crippen LogP contribution in [0.3, 0.4) is 0 Å². The second-order valence-corrected chi connectivity index (χ2v) is 3.09. The van der Waals surface area contributed by atoms with E-state index in [0.29, 0.717) is 6.61 Å². The highest BCUT2D eigenvalue weighted by molar-refractivity contribution is 5.45. The van der Waals surface area contributed by atoms with E-state index in [9.17, 15) is 0 Å². The predicted molar refractivity (Wildman–Crippen MR) is 48.3 cm³/mol. The average Bonchev–Trinajstić information content (AvgIpc) is 2.59. The van der Waals surface area contributed by atoms with Gasteiger partial charge in [0.05, 0.1) is 20.3 Å². The van der Waals surface area contributed by atoms with Gasteiger partial charge in [-0.25, -0.2) is 0 Å². The number of methoxy groups -OCH3 is 1. The van der Waals surface area contributed by atoms with E-state index in [-0.39, 0.29) is 12.5 Å². The van der Waals surface area contributed by atoms with Crippen molar-refractivity contribution in [3.63, 3.8) is 0 Å². The number of fused-ring (bicyclic) bond motifs is 1. The molecule has 2 rings (SSSR count). The molecular weight excluding hydrogens is 168 g/mol. The Morgan fingerprint density at radius 3 is 3.15 bits per heavy atom. The van der Waals surface area contributed by atoms with Crippen LogP contribution in [0.1, 0.15) is 11.5 Å². The van der Waals surface area contributed by atoms with Gasteiger partial charge in [0.2, 0.25) is 0 Å². The van der Waals surface area contributed by atoms with Crippen LogP contribution in [0.4, 0.5) is 0 Å². The summed E-state index contributed by atoms with van der Waals surface area (Å²) >= 11 is 0. The molecule has 3 heteroatoms. The highest BCUT2D eigenvalue weighted by Crippen LogP contribution is 2.35. The van der Waals surface area contributed by atoms with Gasteiger partial charge in [-0.1, -0.05) is 6.07 Å². The predicted octanol–water partition coefficient (Wildman–Crippen LogP) is 1.16. The molecule has 0 unspecified atom stereocenters. The first-order valence-corrected chi connectivity index (χ1v) is 4.26. The lowest BCUT2D eigenvalue weighted by atomic mass is 10.0. The van der Waals surface area contributed by atoms with Gasteiger partial charge in [0.25, 0.3) is 0 Å². The molecule has 0 radical (unpaired) electrons. The van der Waals surface area contributed by atoms with Gasteiger partial charge < -0.3 is 14.6 Å². The number of hydrogen-bond donors (Lipinski definition) is 1. The van der Waals surface area contributed by atoms with E-state index in [4.69, 9.17) is 14.6 Å². The third-order valence-corrected chi connectivity index (χ3v) is 2.32. The fourth-order valence-electron chi connectivity index (χ4n) is 1.54. The molecule has 1 heterocycles. The van der Waals surface area contributed by atoms with Gasteiger partial charge in [0.1, 0.15) is 11.5 Å². The van der Waals surface area contributed by atoms with Crippen molar-refractivity contribution in [2.75, 3.05) is 20.3 Å². The van der Waals surface area contributed by atoms with Crippen molar-refractivity contribution < 1.29 is 14.6 Å². The minimum absolute atomic E-state index is 0.126. The van der Waals surface area contributed by atoms with Gasteiger partial charge in [-0.05, 0) is 6.07 Å². The van der Waals surface area contributed by atoms with Crippen molar-refractivity contribution in [1.29, 1.82) is 0 Å². The van der Waals surface area contributed by atoms with Crippen LogP contribution in [-0.4, -0.2) is 25.4 Å². The van der Waals surface area contributed by atoms with Crippen molar-refractivity contribution in [2.45, 2.75) is 5.92 Å². The number of hydrogen-bond acceptors (Lipinski definition) is 3. The van der Waals surface area contributed by atoms with E-state index in [0.717, 1.165) is 17.1 Å². The second kappa shape index (κ2) is 3.26. The standard InChI is InChI=1S/C10H12O3/c1-12-8-2-3-9-7(5-11)6-13-10(9)4-8/h2-4,7,11H,5-6H2,1H3/t7-/m1/s1. The SMILES string of the molecule is COc1ccc2c(c1)OC[C@H]2CO. The molecule has 1 aliphatic rings. The number of aliphatic hydroxyl groups is 1. The molecule has 0 aromatic heterocycles. The molecule has 0 amide bonds. The fraction of sp³-hybridized carbons (Fsp3) is 0.400. The molecule has 0 aliphatic carbocycles. The van der Waals surface area contributed by atoms with Crippen LogP contribution in [0.2, 0.25) is 0 Å². The van der Waals surface area contributed by atoms with Gasteiger partial charge in [-0.15, -0.1) is 0 Å². The maximum Gasteiger partial charge on any atom is 0.126 e. The van der Waals surface area contributed by atoms with Crippen LogP contribution in [-0.2, 0) is 0 Å². The quantitative estimate of drug-likeness (QED) is 0.742. The molecule has 13 heavy (non-hydrogen) atoms. The van der Waals surface area contributed by atoms with E-state index >= 15 is 0 Å². The highest BCUT2D eigenvalue weighted by atomic mass is 16.5. The zero-order valence-corrected chi connectivity index (χ0v) is 7.49. The third kappa shape index (κ3) is 1.35. The lowest BCUT2D eigenvalue weighted by Crippen LogP contribution is -2.04. The molecule has 70 valence electrons. The summed E-state index contributed by atoms with van der Waals surface area (Å²) in [6, 6.07) is 5.68. The normalized spacial score (nSPS) is 19.4. The molecule has 1 aromatic rings. The van der Waals surface area contributed by atoms with Crippen LogP contribution in [0.5, 0.6) is 11.5 Å². The van der Waals surface area contributed by atoms with Crippen molar-refractivity contribution >= 4 is 0 Å². The summed E-state index contributed by atoms with van der Waals surface area (Å²) < 4.78 is 10.5. The number of ether oxygens (including phenoxy) is 2. The van der Waals surface area contributed by atoms with Crippen molar-refractivity contribution in [3.05, 3.63) is 23.8 Å². The monoisotopic (exact) mass is 180 g/mol. The summed E-state index contributed by atoms with van der Waals surface area (Å²) in [7, 11) is 1.63. The molecule has 0 bridgehead atoms. The van der Waals surface area contributed by atoms with E-state index in [2.05, 4.69) is 0 Å². The molecule has 0 saturated heterocycles. The van der Waals surface area contributed by atoms with Crippen LogP contribution in [0.15, 0.2) is 18.2 Å². The van der Waals surface area contributed by atoms with Gasteiger partial charge in [0.15, 0.2) is 0 Å². The zero-order chi connectivity index (χ0) is 9.26. The maximum atomic E-state index is 9.03. The second-order valence-electron chi connectivity index (χ2n) is 3.09. The molecule has 1 N–H and O–H groups in total. The minimum Gasteiger partial charge on any atom is -0.497 e.